The number of carbonyl (C=O) groups excluding carboxylic acids is 3. The Hall–Kier alpha value is -3.55. The van der Waals surface area contributed by atoms with Crippen molar-refractivity contribution in [3.05, 3.63) is 69.3 Å². The molecule has 0 unspecified atom stereocenters. The summed E-state index contributed by atoms with van der Waals surface area (Å²) < 4.78 is 5.15. The van der Waals surface area contributed by atoms with Gasteiger partial charge in [-0.3, -0.25) is 24.5 Å². The largest absolute Gasteiger partial charge is 0.457 e. The van der Waals surface area contributed by atoms with Gasteiger partial charge in [0, 0.05) is 36.3 Å². The fourth-order valence-electron chi connectivity index (χ4n) is 3.77. The van der Waals surface area contributed by atoms with Crippen molar-refractivity contribution in [1.29, 1.82) is 0 Å². The van der Waals surface area contributed by atoms with Crippen LogP contribution in [-0.2, 0) is 27.2 Å². The van der Waals surface area contributed by atoms with E-state index >= 15 is 0 Å². The molecule has 0 radical (unpaired) electrons. The van der Waals surface area contributed by atoms with Crippen LogP contribution in [0.25, 0.3) is 0 Å². The maximum atomic E-state index is 12.7. The molecule has 31 heavy (non-hydrogen) atoms. The monoisotopic (exact) mass is 424 g/mol. The number of ether oxygens (including phenoxy) is 1. The first-order valence-electron chi connectivity index (χ1n) is 10.2. The molecule has 1 amide bonds. The number of amides is 1. The Kier molecular flexibility index (Phi) is 6.79. The zero-order chi connectivity index (χ0) is 22.5. The summed E-state index contributed by atoms with van der Waals surface area (Å²) in [5, 5.41) is 10.9. The minimum atomic E-state index is -0.667. The van der Waals surface area contributed by atoms with Gasteiger partial charge in [0.25, 0.3) is 5.69 Å². The summed E-state index contributed by atoms with van der Waals surface area (Å²) >= 11 is 0. The summed E-state index contributed by atoms with van der Waals surface area (Å²) in [6, 6.07) is 11.2. The summed E-state index contributed by atoms with van der Waals surface area (Å²) in [4.78, 5) is 49.4. The molecule has 0 saturated carbocycles. The van der Waals surface area contributed by atoms with Crippen LogP contribution in [0, 0.1) is 16.0 Å². The SMILES string of the molecule is CCc1cccc(CC)c1N1C[C@@H](C(=O)OCC(=O)c2cccc([N+](=O)[O-])c2)CC1=O. The zero-order valence-corrected chi connectivity index (χ0v) is 17.5. The molecule has 0 N–H and O–H groups in total. The Balaban J connectivity index is 1.67. The molecule has 1 aliphatic rings. The molecule has 2 aromatic carbocycles. The van der Waals surface area contributed by atoms with Crippen LogP contribution < -0.4 is 4.90 Å². The molecule has 3 rings (SSSR count). The number of hydrogen-bond donors (Lipinski definition) is 0. The topological polar surface area (TPSA) is 107 Å². The number of nitro groups is 1. The molecule has 0 aliphatic carbocycles. The van der Waals surface area contributed by atoms with E-state index in [1.54, 1.807) is 4.90 Å². The summed E-state index contributed by atoms with van der Waals surface area (Å²) in [7, 11) is 0. The van der Waals surface area contributed by atoms with Gasteiger partial charge in [-0.2, -0.15) is 0 Å². The molecule has 0 aromatic heterocycles. The molecular formula is C23H24N2O6. The number of ketones is 1. The molecule has 8 heteroatoms. The van der Waals surface area contributed by atoms with Crippen LogP contribution in [0.4, 0.5) is 11.4 Å². The van der Waals surface area contributed by atoms with Crippen molar-refractivity contribution >= 4 is 29.0 Å². The molecule has 0 spiro atoms. The van der Waals surface area contributed by atoms with Crippen molar-refractivity contribution in [2.24, 2.45) is 5.92 Å². The maximum Gasteiger partial charge on any atom is 0.311 e. The average molecular weight is 424 g/mol. The third-order valence-corrected chi connectivity index (χ3v) is 5.42. The molecule has 1 fully saturated rings. The van der Waals surface area contributed by atoms with E-state index in [0.29, 0.717) is 0 Å². The van der Waals surface area contributed by atoms with E-state index < -0.39 is 29.2 Å². The first-order valence-corrected chi connectivity index (χ1v) is 10.2. The normalized spacial score (nSPS) is 15.7. The van der Waals surface area contributed by atoms with Gasteiger partial charge in [-0.15, -0.1) is 0 Å². The second-order valence-corrected chi connectivity index (χ2v) is 7.38. The minimum Gasteiger partial charge on any atom is -0.457 e. The smallest absolute Gasteiger partial charge is 0.311 e. The highest BCUT2D eigenvalue weighted by Crippen LogP contribution is 2.32. The van der Waals surface area contributed by atoms with Crippen molar-refractivity contribution in [3.63, 3.8) is 0 Å². The van der Waals surface area contributed by atoms with Crippen LogP contribution in [0.15, 0.2) is 42.5 Å². The van der Waals surface area contributed by atoms with Gasteiger partial charge in [0.1, 0.15) is 0 Å². The predicted octanol–water partition coefficient (Wildman–Crippen LogP) is 3.50. The zero-order valence-electron chi connectivity index (χ0n) is 17.5. The van der Waals surface area contributed by atoms with Gasteiger partial charge in [-0.05, 0) is 24.0 Å². The number of esters is 1. The molecule has 2 aromatic rings. The number of anilines is 1. The maximum absolute atomic E-state index is 12.7. The third kappa shape index (κ3) is 4.79. The Labute approximate surface area is 180 Å². The number of aryl methyl sites for hydroxylation is 2. The first kappa shape index (κ1) is 22.1. The number of para-hydroxylation sites is 1. The minimum absolute atomic E-state index is 0.0189. The van der Waals surface area contributed by atoms with Crippen LogP contribution in [0.1, 0.15) is 41.8 Å². The lowest BCUT2D eigenvalue weighted by Gasteiger charge is -2.23. The number of rotatable bonds is 8. The highest BCUT2D eigenvalue weighted by Gasteiger charge is 2.37. The average Bonchev–Trinajstić information content (AvgIpc) is 3.17. The van der Waals surface area contributed by atoms with Gasteiger partial charge in [0.05, 0.1) is 10.8 Å². The van der Waals surface area contributed by atoms with E-state index in [4.69, 9.17) is 4.74 Å². The summed E-state index contributed by atoms with van der Waals surface area (Å²) in [6.07, 6.45) is 1.55. The van der Waals surface area contributed by atoms with Crippen molar-refractivity contribution in [2.45, 2.75) is 33.1 Å². The Morgan fingerprint density at radius 1 is 1.13 bits per heavy atom. The standard InChI is InChI=1S/C23H24N2O6/c1-3-15-7-5-8-16(4-2)22(15)24-13-18(12-21(24)27)23(28)31-14-20(26)17-9-6-10-19(11-17)25(29)30/h5-11,18H,3-4,12-14H2,1-2H3/t18-/m0/s1. The molecule has 8 nitrogen and oxygen atoms in total. The number of nitrogens with zero attached hydrogens (tertiary/aromatic N) is 2. The third-order valence-electron chi connectivity index (χ3n) is 5.42. The number of Topliss-reactive ketones (excluding diaryl/α,β-unsaturated/α-hetero) is 1. The molecule has 0 bridgehead atoms. The number of non-ortho nitro benzene ring substituents is 1. The van der Waals surface area contributed by atoms with Crippen LogP contribution >= 0.6 is 0 Å². The van der Waals surface area contributed by atoms with Gasteiger partial charge in [-0.25, -0.2) is 0 Å². The Bertz CT molecular complexity index is 1010. The molecule has 1 saturated heterocycles. The van der Waals surface area contributed by atoms with Gasteiger partial charge in [-0.1, -0.05) is 44.2 Å². The number of carbonyl (C=O) groups is 3. The van der Waals surface area contributed by atoms with E-state index in [-0.39, 0.29) is 30.1 Å². The lowest BCUT2D eigenvalue weighted by Crippen LogP contribution is -2.29. The van der Waals surface area contributed by atoms with Crippen LogP contribution in [0.2, 0.25) is 0 Å². The highest BCUT2D eigenvalue weighted by atomic mass is 16.6. The van der Waals surface area contributed by atoms with E-state index in [9.17, 15) is 24.5 Å². The molecular weight excluding hydrogens is 400 g/mol. The summed E-state index contributed by atoms with van der Waals surface area (Å²) in [6.45, 7) is 3.71. The number of hydrogen-bond acceptors (Lipinski definition) is 6. The Morgan fingerprint density at radius 2 is 1.77 bits per heavy atom. The Morgan fingerprint density at radius 3 is 2.39 bits per heavy atom. The van der Waals surface area contributed by atoms with Crippen molar-refractivity contribution in [3.8, 4) is 0 Å². The van der Waals surface area contributed by atoms with Gasteiger partial charge in [0.2, 0.25) is 11.7 Å². The fraction of sp³-hybridized carbons (Fsp3) is 0.348. The predicted molar refractivity (Wildman–Crippen MR) is 114 cm³/mol. The van der Waals surface area contributed by atoms with Gasteiger partial charge >= 0.3 is 5.97 Å². The quantitative estimate of drug-likeness (QED) is 0.278. The van der Waals surface area contributed by atoms with E-state index in [0.717, 1.165) is 35.7 Å². The molecule has 1 aliphatic heterocycles. The second kappa shape index (κ2) is 9.51. The van der Waals surface area contributed by atoms with Crippen molar-refractivity contribution < 1.29 is 24.0 Å². The van der Waals surface area contributed by atoms with Crippen LogP contribution in [0.3, 0.4) is 0 Å². The van der Waals surface area contributed by atoms with Crippen molar-refractivity contribution in [2.75, 3.05) is 18.1 Å². The van der Waals surface area contributed by atoms with E-state index in [2.05, 4.69) is 0 Å². The van der Waals surface area contributed by atoms with E-state index in [1.165, 1.54) is 18.2 Å². The molecule has 1 atom stereocenters. The van der Waals surface area contributed by atoms with E-state index in [1.807, 2.05) is 32.0 Å². The second-order valence-electron chi connectivity index (χ2n) is 7.38. The van der Waals surface area contributed by atoms with Crippen molar-refractivity contribution in [1.82, 2.24) is 0 Å². The first-order chi connectivity index (χ1) is 14.8. The fourth-order valence-corrected chi connectivity index (χ4v) is 3.77. The van der Waals surface area contributed by atoms with Crippen LogP contribution in [0.5, 0.6) is 0 Å². The summed E-state index contributed by atoms with van der Waals surface area (Å²) in [5.41, 5.74) is 2.83. The van der Waals surface area contributed by atoms with Gasteiger partial charge in [0.15, 0.2) is 6.61 Å². The lowest BCUT2D eigenvalue weighted by atomic mass is 10.0. The lowest BCUT2D eigenvalue weighted by molar-refractivity contribution is -0.384. The highest BCUT2D eigenvalue weighted by molar-refractivity contribution is 6.02. The summed E-state index contributed by atoms with van der Waals surface area (Å²) in [5.74, 6) is -1.98. The molecule has 162 valence electrons. The van der Waals surface area contributed by atoms with Crippen LogP contribution in [-0.4, -0.2) is 35.7 Å². The number of benzene rings is 2. The molecule has 1 heterocycles. The number of nitro benzene ring substituents is 1. The van der Waals surface area contributed by atoms with Gasteiger partial charge < -0.3 is 9.64 Å².